The molecule has 4 aromatic heterocycles. The SMILES string of the molecule is c1ccc(-c2cccc(-n3c4ccccc4c4c5c6ccccc6n(-c6ccc7c(c6)c6ccccc6n7-c6nc7ccccc7nc6-c6ccccc6)c5ccc43)c2)cc1. The quantitative estimate of drug-likeness (QED) is 0.175. The summed E-state index contributed by atoms with van der Waals surface area (Å²) >= 11 is 0. The van der Waals surface area contributed by atoms with E-state index in [1.165, 1.54) is 54.7 Å². The molecule has 13 rings (SSSR count). The monoisotopic (exact) mass is 777 g/mol. The molecule has 0 spiro atoms. The molecule has 0 aliphatic heterocycles. The normalized spacial score (nSPS) is 11.9. The summed E-state index contributed by atoms with van der Waals surface area (Å²) in [7, 11) is 0. The van der Waals surface area contributed by atoms with Gasteiger partial charge in [-0.3, -0.25) is 4.57 Å². The van der Waals surface area contributed by atoms with E-state index in [2.05, 4.69) is 196 Å². The van der Waals surface area contributed by atoms with Crippen LogP contribution in [0.4, 0.5) is 0 Å². The number of nitrogens with zero attached hydrogens (tertiary/aromatic N) is 5. The molecule has 0 aliphatic carbocycles. The third kappa shape index (κ3) is 5.01. The molecule has 9 aromatic carbocycles. The van der Waals surface area contributed by atoms with Crippen LogP contribution >= 0.6 is 0 Å². The molecule has 0 amide bonds. The summed E-state index contributed by atoms with van der Waals surface area (Å²) in [5.41, 5.74) is 15.1. The van der Waals surface area contributed by atoms with Crippen molar-refractivity contribution in [2.75, 3.05) is 0 Å². The van der Waals surface area contributed by atoms with E-state index < -0.39 is 0 Å². The predicted octanol–water partition coefficient (Wildman–Crippen LogP) is 14.3. The van der Waals surface area contributed by atoms with Crippen LogP contribution in [-0.4, -0.2) is 23.7 Å². The van der Waals surface area contributed by atoms with Gasteiger partial charge in [-0.05, 0) is 83.9 Å². The first-order valence-electron chi connectivity index (χ1n) is 20.8. The number of hydrogen-bond donors (Lipinski definition) is 0. The van der Waals surface area contributed by atoms with E-state index in [-0.39, 0.29) is 0 Å². The van der Waals surface area contributed by atoms with Gasteiger partial charge in [0.05, 0.1) is 44.1 Å². The van der Waals surface area contributed by atoms with E-state index in [0.29, 0.717) is 0 Å². The van der Waals surface area contributed by atoms with Crippen LogP contribution in [0, 0.1) is 0 Å². The van der Waals surface area contributed by atoms with Crippen molar-refractivity contribution in [1.29, 1.82) is 0 Å². The Kier molecular flexibility index (Phi) is 7.24. The van der Waals surface area contributed by atoms with Crippen molar-refractivity contribution >= 4 is 76.5 Å². The fraction of sp³-hybridized carbons (Fsp3) is 0. The summed E-state index contributed by atoms with van der Waals surface area (Å²) in [6.07, 6.45) is 0. The number of hydrogen-bond acceptors (Lipinski definition) is 2. The highest BCUT2D eigenvalue weighted by atomic mass is 15.1. The number of fused-ring (bicyclic) bond motifs is 11. The lowest BCUT2D eigenvalue weighted by Crippen LogP contribution is -2.03. The lowest BCUT2D eigenvalue weighted by Gasteiger charge is -2.14. The largest absolute Gasteiger partial charge is 0.309 e. The number of para-hydroxylation sites is 5. The van der Waals surface area contributed by atoms with Crippen LogP contribution in [0.25, 0.3) is 116 Å². The van der Waals surface area contributed by atoms with Crippen LogP contribution in [-0.2, 0) is 0 Å². The number of benzene rings is 9. The van der Waals surface area contributed by atoms with Gasteiger partial charge < -0.3 is 9.13 Å². The van der Waals surface area contributed by atoms with Gasteiger partial charge in [0.25, 0.3) is 0 Å². The molecular formula is C56H35N5. The maximum absolute atomic E-state index is 5.34. The molecule has 0 saturated heterocycles. The molecule has 0 atom stereocenters. The fourth-order valence-corrected chi connectivity index (χ4v) is 9.79. The minimum absolute atomic E-state index is 0.814. The molecule has 284 valence electrons. The Morgan fingerprint density at radius 3 is 1.41 bits per heavy atom. The predicted molar refractivity (Wildman–Crippen MR) is 253 cm³/mol. The van der Waals surface area contributed by atoms with Gasteiger partial charge in [0.2, 0.25) is 0 Å². The highest BCUT2D eigenvalue weighted by Gasteiger charge is 2.23. The maximum Gasteiger partial charge on any atom is 0.165 e. The highest BCUT2D eigenvalue weighted by Crippen LogP contribution is 2.44. The first-order valence-corrected chi connectivity index (χ1v) is 20.8. The van der Waals surface area contributed by atoms with Crippen molar-refractivity contribution in [3.05, 3.63) is 212 Å². The van der Waals surface area contributed by atoms with Crippen LogP contribution < -0.4 is 0 Å². The lowest BCUT2D eigenvalue weighted by atomic mass is 10.0. The van der Waals surface area contributed by atoms with Crippen LogP contribution in [0.2, 0.25) is 0 Å². The Labute approximate surface area is 350 Å². The Balaban J connectivity index is 1.07. The van der Waals surface area contributed by atoms with Crippen molar-refractivity contribution in [2.45, 2.75) is 0 Å². The van der Waals surface area contributed by atoms with Crippen LogP contribution in [0.1, 0.15) is 0 Å². The molecular weight excluding hydrogens is 743 g/mol. The Morgan fingerprint density at radius 1 is 0.279 bits per heavy atom. The minimum Gasteiger partial charge on any atom is -0.309 e. The second-order valence-electron chi connectivity index (χ2n) is 15.8. The molecule has 0 aliphatic rings. The average Bonchev–Trinajstić information content (AvgIpc) is 3.97. The van der Waals surface area contributed by atoms with E-state index in [1.807, 2.05) is 30.3 Å². The standard InChI is InChI=1S/C56H35N5/c1-3-16-36(17-4-1)38-20-15-21-39(34-38)59-48-28-13-8-23-42(48)53-51(59)32-33-52-54(53)43-24-9-14-29-49(43)60(52)40-30-31-50-44(35-40)41-22-7-12-27-47(41)61(50)56-55(37-18-5-2-6-19-37)57-45-25-10-11-26-46(45)58-56/h1-35H. The van der Waals surface area contributed by atoms with E-state index in [0.717, 1.165) is 61.3 Å². The van der Waals surface area contributed by atoms with Crippen molar-refractivity contribution in [2.24, 2.45) is 0 Å². The Bertz CT molecular complexity index is 3870. The van der Waals surface area contributed by atoms with Crippen molar-refractivity contribution in [3.63, 3.8) is 0 Å². The van der Waals surface area contributed by atoms with Gasteiger partial charge in [-0.25, -0.2) is 9.97 Å². The average molecular weight is 778 g/mol. The third-order valence-electron chi connectivity index (χ3n) is 12.4. The van der Waals surface area contributed by atoms with Gasteiger partial charge in [0.1, 0.15) is 5.69 Å². The van der Waals surface area contributed by atoms with E-state index in [4.69, 9.17) is 9.97 Å². The zero-order valence-electron chi connectivity index (χ0n) is 32.9. The molecule has 0 unspecified atom stereocenters. The van der Waals surface area contributed by atoms with E-state index in [1.54, 1.807) is 0 Å². The second-order valence-corrected chi connectivity index (χ2v) is 15.8. The molecule has 0 N–H and O–H groups in total. The van der Waals surface area contributed by atoms with Gasteiger partial charge in [-0.1, -0.05) is 140 Å². The molecule has 61 heavy (non-hydrogen) atoms. The molecule has 4 heterocycles. The number of rotatable bonds is 5. The number of aromatic nitrogens is 5. The van der Waals surface area contributed by atoms with E-state index >= 15 is 0 Å². The molecule has 0 bridgehead atoms. The van der Waals surface area contributed by atoms with Gasteiger partial charge in [-0.2, -0.15) is 0 Å². The topological polar surface area (TPSA) is 40.6 Å². The highest BCUT2D eigenvalue weighted by molar-refractivity contribution is 6.29. The summed E-state index contributed by atoms with van der Waals surface area (Å²) < 4.78 is 7.18. The van der Waals surface area contributed by atoms with Gasteiger partial charge in [-0.15, -0.1) is 0 Å². The van der Waals surface area contributed by atoms with Gasteiger partial charge >= 0.3 is 0 Å². The van der Waals surface area contributed by atoms with Crippen LogP contribution in [0.3, 0.4) is 0 Å². The third-order valence-corrected chi connectivity index (χ3v) is 12.4. The van der Waals surface area contributed by atoms with Gasteiger partial charge in [0.15, 0.2) is 5.82 Å². The summed E-state index contributed by atoms with van der Waals surface area (Å²) in [6, 6.07) is 76.0. The first kappa shape index (κ1) is 33.7. The Morgan fingerprint density at radius 2 is 0.754 bits per heavy atom. The Hall–Kier alpha value is -8.28. The summed E-state index contributed by atoms with van der Waals surface area (Å²) in [5.74, 6) is 0.814. The zero-order valence-corrected chi connectivity index (χ0v) is 32.9. The van der Waals surface area contributed by atoms with Crippen LogP contribution in [0.15, 0.2) is 212 Å². The van der Waals surface area contributed by atoms with Gasteiger partial charge in [0, 0.05) is 49.3 Å². The molecule has 0 fully saturated rings. The molecule has 5 heteroatoms. The van der Waals surface area contributed by atoms with Crippen molar-refractivity contribution in [3.8, 4) is 39.6 Å². The lowest BCUT2D eigenvalue weighted by molar-refractivity contribution is 1.08. The minimum atomic E-state index is 0.814. The fourth-order valence-electron chi connectivity index (χ4n) is 9.79. The van der Waals surface area contributed by atoms with E-state index in [9.17, 15) is 0 Å². The molecule has 5 nitrogen and oxygen atoms in total. The smallest absolute Gasteiger partial charge is 0.165 e. The summed E-state index contributed by atoms with van der Waals surface area (Å²) in [6.45, 7) is 0. The molecule has 13 aromatic rings. The van der Waals surface area contributed by atoms with Crippen molar-refractivity contribution in [1.82, 2.24) is 23.7 Å². The van der Waals surface area contributed by atoms with Crippen LogP contribution in [0.5, 0.6) is 0 Å². The van der Waals surface area contributed by atoms with Crippen molar-refractivity contribution < 1.29 is 0 Å². The molecule has 0 radical (unpaired) electrons. The first-order chi connectivity index (χ1) is 30.3. The summed E-state index contributed by atoms with van der Waals surface area (Å²) in [4.78, 5) is 10.6. The maximum atomic E-state index is 5.34. The zero-order chi connectivity index (χ0) is 40.0. The summed E-state index contributed by atoms with van der Waals surface area (Å²) in [5, 5.41) is 7.30. The second kappa shape index (κ2) is 13.1. The molecule has 0 saturated carbocycles.